The highest BCUT2D eigenvalue weighted by Gasteiger charge is 2.28. The number of carbonyl (C=O) groups excluding carboxylic acids is 1. The molecule has 0 aliphatic heterocycles. The van der Waals surface area contributed by atoms with Crippen LogP contribution < -0.4 is 0 Å². The minimum atomic E-state index is -0.478. The summed E-state index contributed by atoms with van der Waals surface area (Å²) in [7, 11) is 4.69. The second-order valence-electron chi connectivity index (χ2n) is 3.67. The van der Waals surface area contributed by atoms with Gasteiger partial charge in [-0.1, -0.05) is 13.8 Å². The van der Waals surface area contributed by atoms with E-state index in [2.05, 4.69) is 18.8 Å². The van der Waals surface area contributed by atoms with Gasteiger partial charge in [-0.25, -0.2) is 0 Å². The smallest absolute Gasteiger partial charge is 0.378 e. The fourth-order valence-electron chi connectivity index (χ4n) is 0.894. The molecule has 1 unspecified atom stereocenters. The topological polar surface area (TPSA) is 50.1 Å². The molecule has 1 atom stereocenters. The van der Waals surface area contributed by atoms with E-state index >= 15 is 0 Å². The number of hydrogen-bond acceptors (Lipinski definition) is 3. The van der Waals surface area contributed by atoms with Crippen molar-refractivity contribution in [2.45, 2.75) is 33.6 Å². The van der Waals surface area contributed by atoms with Gasteiger partial charge in [-0.05, 0) is 19.3 Å². The highest BCUT2D eigenvalue weighted by molar-refractivity contribution is 6.05. The highest BCUT2D eigenvalue weighted by Crippen LogP contribution is 2.31. The van der Waals surface area contributed by atoms with E-state index in [1.807, 2.05) is 20.8 Å². The third-order valence-electron chi connectivity index (χ3n) is 2.51. The van der Waals surface area contributed by atoms with Gasteiger partial charge in [0.05, 0.1) is 11.5 Å². The van der Waals surface area contributed by atoms with Crippen LogP contribution in [0.25, 0.3) is 0 Å². The molecule has 0 amide bonds. The molecule has 0 fully saturated rings. The highest BCUT2D eigenvalue weighted by atomic mass is 16.5. The van der Waals surface area contributed by atoms with E-state index in [0.29, 0.717) is 6.42 Å². The lowest BCUT2D eigenvalue weighted by molar-refractivity contribution is -0.134. The van der Waals surface area contributed by atoms with Gasteiger partial charge in [-0.15, -0.1) is 0 Å². The number of nitrogens with zero attached hydrogens (tertiary/aromatic N) is 1. The van der Waals surface area contributed by atoms with E-state index in [1.165, 1.54) is 0 Å². The zero-order valence-electron chi connectivity index (χ0n) is 8.33. The quantitative estimate of drug-likeness (QED) is 0.615. The van der Waals surface area contributed by atoms with Crippen LogP contribution in [-0.4, -0.2) is 14.0 Å². The predicted molar refractivity (Wildman–Crippen MR) is 49.6 cm³/mol. The van der Waals surface area contributed by atoms with Crippen LogP contribution >= 0.6 is 0 Å². The molecule has 0 aromatic rings. The number of rotatable bonds is 4. The first kappa shape index (κ1) is 12.0. The normalized spacial score (nSPS) is 14.7. The molecule has 0 aliphatic carbocycles. The maximum atomic E-state index is 10.7. The summed E-state index contributed by atoms with van der Waals surface area (Å²) in [5, 5.41) is 8.91. The molecule has 13 heavy (non-hydrogen) atoms. The summed E-state index contributed by atoms with van der Waals surface area (Å²) in [6.07, 6.45) is 0.677. The first-order valence-corrected chi connectivity index (χ1v) is 4.27. The number of hydrogen-bond donors (Lipinski definition) is 0. The molecule has 0 rings (SSSR count). The van der Waals surface area contributed by atoms with Crippen molar-refractivity contribution in [3.05, 3.63) is 0 Å². The second kappa shape index (κ2) is 4.91. The lowest BCUT2D eigenvalue weighted by Crippen LogP contribution is -2.22. The summed E-state index contributed by atoms with van der Waals surface area (Å²) < 4.78 is 4.02. The summed E-state index contributed by atoms with van der Waals surface area (Å²) in [4.78, 5) is 10.7. The molecule has 4 heteroatoms. The fraction of sp³-hybridized carbons (Fsp3) is 0.778. The number of nitriles is 1. The summed E-state index contributed by atoms with van der Waals surface area (Å²) in [6, 6.07) is 2.21. The molecule has 0 aromatic carbocycles. The van der Waals surface area contributed by atoms with Gasteiger partial charge in [0.1, 0.15) is 0 Å². The van der Waals surface area contributed by atoms with E-state index in [1.54, 1.807) is 0 Å². The number of carbonyl (C=O) groups is 1. The Labute approximate surface area is 80.5 Å². The molecule has 0 saturated carbocycles. The predicted octanol–water partition coefficient (Wildman–Crippen LogP) is 1.58. The third-order valence-corrected chi connectivity index (χ3v) is 2.51. The molecule has 0 spiro atoms. The first-order chi connectivity index (χ1) is 5.96. The molecule has 0 saturated heterocycles. The van der Waals surface area contributed by atoms with Crippen molar-refractivity contribution in [2.24, 2.45) is 11.3 Å². The van der Waals surface area contributed by atoms with Crippen molar-refractivity contribution in [2.75, 3.05) is 0 Å². The molecule has 0 bridgehead atoms. The van der Waals surface area contributed by atoms with Crippen molar-refractivity contribution in [1.29, 1.82) is 5.26 Å². The zero-order valence-corrected chi connectivity index (χ0v) is 8.33. The molecule has 0 aliphatic rings. The first-order valence-electron chi connectivity index (χ1n) is 4.27. The Morgan fingerprint density at radius 2 is 2.23 bits per heavy atom. The maximum Gasteiger partial charge on any atom is 0.378 e. The lowest BCUT2D eigenvalue weighted by Gasteiger charge is -2.25. The van der Waals surface area contributed by atoms with Gasteiger partial charge < -0.3 is 4.65 Å². The van der Waals surface area contributed by atoms with E-state index in [0.717, 1.165) is 0 Å². The lowest BCUT2D eigenvalue weighted by atomic mass is 9.77. The van der Waals surface area contributed by atoms with Gasteiger partial charge in [0.15, 0.2) is 0 Å². The maximum absolute atomic E-state index is 10.7. The van der Waals surface area contributed by atoms with E-state index < -0.39 is 11.4 Å². The van der Waals surface area contributed by atoms with E-state index in [-0.39, 0.29) is 12.3 Å². The molecule has 0 aromatic heterocycles. The van der Waals surface area contributed by atoms with Crippen molar-refractivity contribution in [3.8, 4) is 6.07 Å². The average Bonchev–Trinajstić information content (AvgIpc) is 2.13. The largest absolute Gasteiger partial charge is 0.543 e. The van der Waals surface area contributed by atoms with Crippen molar-refractivity contribution < 1.29 is 9.45 Å². The Kier molecular flexibility index (Phi) is 4.54. The molecule has 2 radical (unpaired) electrons. The van der Waals surface area contributed by atoms with Crippen LogP contribution in [0.2, 0.25) is 0 Å². The van der Waals surface area contributed by atoms with Crippen LogP contribution in [0.15, 0.2) is 0 Å². The van der Waals surface area contributed by atoms with Gasteiger partial charge in [0.25, 0.3) is 5.97 Å². The van der Waals surface area contributed by atoms with E-state index in [9.17, 15) is 4.79 Å². The minimum absolute atomic E-state index is 0.193. The molecular formula is C9H14BNO2. The van der Waals surface area contributed by atoms with Crippen molar-refractivity contribution >= 4 is 14.0 Å². The second-order valence-corrected chi connectivity index (χ2v) is 3.67. The van der Waals surface area contributed by atoms with E-state index in [4.69, 9.17) is 5.26 Å². The van der Waals surface area contributed by atoms with Crippen LogP contribution in [0.1, 0.15) is 33.6 Å². The average molecular weight is 179 g/mol. The molecule has 0 N–H and O–H groups in total. The van der Waals surface area contributed by atoms with Gasteiger partial charge in [0, 0.05) is 6.42 Å². The molecular weight excluding hydrogens is 165 g/mol. The Morgan fingerprint density at radius 3 is 2.54 bits per heavy atom. The molecule has 70 valence electrons. The van der Waals surface area contributed by atoms with Gasteiger partial charge in [0.2, 0.25) is 0 Å². The Morgan fingerprint density at radius 1 is 1.69 bits per heavy atom. The van der Waals surface area contributed by atoms with Gasteiger partial charge in [-0.2, -0.15) is 5.26 Å². The molecule has 3 nitrogen and oxygen atoms in total. The Bertz CT molecular complexity index is 222. The van der Waals surface area contributed by atoms with Crippen LogP contribution in [0.5, 0.6) is 0 Å². The summed E-state index contributed by atoms with van der Waals surface area (Å²) in [5.74, 6) is -0.259. The summed E-state index contributed by atoms with van der Waals surface area (Å²) in [6.45, 7) is 5.75. The van der Waals surface area contributed by atoms with Gasteiger partial charge in [-0.3, -0.25) is 4.79 Å². The molecule has 0 heterocycles. The fourth-order valence-corrected chi connectivity index (χ4v) is 0.894. The zero-order chi connectivity index (χ0) is 10.5. The summed E-state index contributed by atoms with van der Waals surface area (Å²) in [5.41, 5.74) is -0.478. The van der Waals surface area contributed by atoms with Crippen molar-refractivity contribution in [1.82, 2.24) is 0 Å². The van der Waals surface area contributed by atoms with Crippen LogP contribution in [0.3, 0.4) is 0 Å². The SMILES string of the molecule is [B]OC(=O)CCC(C)(C#N)C(C)C. The standard InChI is InChI=1S/C9H14BNO2/c1-7(2)9(3,6-11)5-4-8(12)13-10/h7H,4-5H2,1-3H3. The Balaban J connectivity index is 4.16. The minimum Gasteiger partial charge on any atom is -0.543 e. The van der Waals surface area contributed by atoms with Crippen molar-refractivity contribution in [3.63, 3.8) is 0 Å². The van der Waals surface area contributed by atoms with Crippen LogP contribution in [0.4, 0.5) is 0 Å². The monoisotopic (exact) mass is 179 g/mol. The Hall–Kier alpha value is -0.975. The van der Waals surface area contributed by atoms with Crippen LogP contribution in [-0.2, 0) is 9.45 Å². The van der Waals surface area contributed by atoms with Crippen LogP contribution in [0, 0.1) is 22.7 Å². The van der Waals surface area contributed by atoms with Gasteiger partial charge >= 0.3 is 8.05 Å². The summed E-state index contributed by atoms with van der Waals surface area (Å²) >= 11 is 0. The third kappa shape index (κ3) is 3.50.